The molecule has 0 spiro atoms. The van der Waals surface area contributed by atoms with Crippen LogP contribution in [0.4, 0.5) is 18.9 Å². The van der Waals surface area contributed by atoms with Crippen LogP contribution in [0.1, 0.15) is 10.4 Å². The predicted molar refractivity (Wildman–Crippen MR) is 68.7 cm³/mol. The molecule has 0 bridgehead atoms. The van der Waals surface area contributed by atoms with E-state index in [1.165, 1.54) is 18.2 Å². The van der Waals surface area contributed by atoms with Gasteiger partial charge in [-0.25, -0.2) is 4.79 Å². The lowest BCUT2D eigenvalue weighted by molar-refractivity contribution is -0.126. The third-order valence-corrected chi connectivity index (χ3v) is 2.50. The Kier molecular flexibility index (Phi) is 5.52. The molecule has 20 heavy (non-hydrogen) atoms. The third-order valence-electron chi connectivity index (χ3n) is 2.04. The molecule has 0 saturated heterocycles. The second-order valence-corrected chi connectivity index (χ2v) is 4.72. The average molecular weight is 355 g/mol. The molecule has 3 N–H and O–H groups in total. The number of hydrogen-bond donors (Lipinski definition) is 3. The zero-order valence-electron chi connectivity index (χ0n) is 9.92. The molecule has 0 fully saturated rings. The number of carbonyl (C=O) groups excluding carboxylic acids is 1. The largest absolute Gasteiger partial charge is 0.478 e. The minimum Gasteiger partial charge on any atom is -0.478 e. The van der Waals surface area contributed by atoms with Crippen LogP contribution in [0.5, 0.6) is 0 Å². The highest BCUT2D eigenvalue weighted by atomic mass is 79.9. The van der Waals surface area contributed by atoms with E-state index in [1.807, 2.05) is 5.32 Å². The molecule has 1 amide bonds. The van der Waals surface area contributed by atoms with Gasteiger partial charge in [0, 0.05) is 10.2 Å². The molecule has 110 valence electrons. The standard InChI is InChI=1S/C11H10BrF3N2O3/c12-7-1-6(10(19)20)2-8(3-7)17-9(18)4-16-5-11(13,14)15/h1-3,16H,4-5H2,(H,17,18)(H,19,20). The highest BCUT2D eigenvalue weighted by Gasteiger charge is 2.26. The van der Waals surface area contributed by atoms with Crippen molar-refractivity contribution in [1.82, 2.24) is 5.32 Å². The average Bonchev–Trinajstić information content (AvgIpc) is 2.25. The van der Waals surface area contributed by atoms with Gasteiger partial charge in [0.2, 0.25) is 5.91 Å². The Hall–Kier alpha value is -1.61. The van der Waals surface area contributed by atoms with Gasteiger partial charge in [-0.05, 0) is 18.2 Å². The zero-order valence-corrected chi connectivity index (χ0v) is 11.5. The van der Waals surface area contributed by atoms with Crippen LogP contribution in [0.25, 0.3) is 0 Å². The van der Waals surface area contributed by atoms with Crippen LogP contribution in [0.2, 0.25) is 0 Å². The van der Waals surface area contributed by atoms with Crippen molar-refractivity contribution >= 4 is 33.5 Å². The Bertz CT molecular complexity index is 520. The Morgan fingerprint density at radius 2 is 1.90 bits per heavy atom. The molecule has 5 nitrogen and oxygen atoms in total. The number of hydrogen-bond acceptors (Lipinski definition) is 3. The number of carboxylic acid groups (broad SMARTS) is 1. The second kappa shape index (κ2) is 6.71. The molecule has 9 heteroatoms. The lowest BCUT2D eigenvalue weighted by atomic mass is 10.2. The summed E-state index contributed by atoms with van der Waals surface area (Å²) in [5.41, 5.74) is 0.119. The quantitative estimate of drug-likeness (QED) is 0.757. The first-order chi connectivity index (χ1) is 9.17. The van der Waals surface area contributed by atoms with Crippen LogP contribution in [0.3, 0.4) is 0 Å². The van der Waals surface area contributed by atoms with Gasteiger partial charge in [-0.3, -0.25) is 4.79 Å². The first-order valence-corrected chi connectivity index (χ1v) is 6.08. The minimum atomic E-state index is -4.40. The molecule has 0 unspecified atom stereocenters. The minimum absolute atomic E-state index is 0.0575. The molecule has 0 saturated carbocycles. The second-order valence-electron chi connectivity index (χ2n) is 3.80. The first kappa shape index (κ1) is 16.4. The number of carbonyl (C=O) groups is 2. The summed E-state index contributed by atoms with van der Waals surface area (Å²) in [7, 11) is 0. The van der Waals surface area contributed by atoms with Gasteiger partial charge in [0.05, 0.1) is 18.7 Å². The monoisotopic (exact) mass is 354 g/mol. The Balaban J connectivity index is 2.60. The van der Waals surface area contributed by atoms with Gasteiger partial charge in [-0.1, -0.05) is 15.9 Å². The zero-order chi connectivity index (χ0) is 15.3. The van der Waals surface area contributed by atoms with E-state index in [0.29, 0.717) is 4.47 Å². The number of amides is 1. The number of aromatic carboxylic acids is 1. The molecular weight excluding hydrogens is 345 g/mol. The predicted octanol–water partition coefficient (Wildman–Crippen LogP) is 2.24. The van der Waals surface area contributed by atoms with Crippen molar-refractivity contribution in [3.8, 4) is 0 Å². The van der Waals surface area contributed by atoms with Gasteiger partial charge in [0.15, 0.2) is 0 Å². The Morgan fingerprint density at radius 1 is 1.25 bits per heavy atom. The molecule has 0 atom stereocenters. The Morgan fingerprint density at radius 3 is 2.45 bits per heavy atom. The van der Waals surface area contributed by atoms with Crippen LogP contribution in [-0.2, 0) is 4.79 Å². The third kappa shape index (κ3) is 6.02. The maximum Gasteiger partial charge on any atom is 0.401 e. The molecule has 0 aliphatic heterocycles. The van der Waals surface area contributed by atoms with Crippen molar-refractivity contribution in [2.45, 2.75) is 6.18 Å². The van der Waals surface area contributed by atoms with Gasteiger partial charge < -0.3 is 15.7 Å². The highest BCUT2D eigenvalue weighted by Crippen LogP contribution is 2.19. The van der Waals surface area contributed by atoms with E-state index in [-0.39, 0.29) is 11.3 Å². The number of anilines is 1. The van der Waals surface area contributed by atoms with Gasteiger partial charge in [0.25, 0.3) is 0 Å². The van der Waals surface area contributed by atoms with Crippen molar-refractivity contribution in [2.75, 3.05) is 18.4 Å². The van der Waals surface area contributed by atoms with E-state index in [4.69, 9.17) is 5.11 Å². The normalized spacial score (nSPS) is 11.2. The summed E-state index contributed by atoms with van der Waals surface area (Å²) >= 11 is 3.07. The maximum atomic E-state index is 11.9. The van der Waals surface area contributed by atoms with E-state index in [1.54, 1.807) is 0 Å². The highest BCUT2D eigenvalue weighted by molar-refractivity contribution is 9.10. The molecule has 0 heterocycles. The van der Waals surface area contributed by atoms with Gasteiger partial charge >= 0.3 is 12.1 Å². The summed E-state index contributed by atoms with van der Waals surface area (Å²) in [6.07, 6.45) is -4.40. The number of benzene rings is 1. The van der Waals surface area contributed by atoms with Crippen LogP contribution in [0, 0.1) is 0 Å². The molecular formula is C11H10BrF3N2O3. The van der Waals surface area contributed by atoms with Crippen molar-refractivity contribution in [3.63, 3.8) is 0 Å². The summed E-state index contributed by atoms with van der Waals surface area (Å²) in [5, 5.41) is 13.1. The van der Waals surface area contributed by atoms with Crippen LogP contribution >= 0.6 is 15.9 Å². The van der Waals surface area contributed by atoms with Gasteiger partial charge in [0.1, 0.15) is 0 Å². The number of carboxylic acids is 1. The van der Waals surface area contributed by atoms with E-state index in [0.717, 1.165) is 0 Å². The lowest BCUT2D eigenvalue weighted by Crippen LogP contribution is -2.35. The van der Waals surface area contributed by atoms with E-state index in [2.05, 4.69) is 21.2 Å². The molecule has 0 aliphatic rings. The summed E-state index contributed by atoms with van der Waals surface area (Å²) < 4.78 is 36.0. The summed E-state index contributed by atoms with van der Waals surface area (Å²) in [4.78, 5) is 22.2. The summed E-state index contributed by atoms with van der Waals surface area (Å²) in [5.74, 6) is -1.89. The molecule has 0 radical (unpaired) electrons. The Labute approximate surface area is 120 Å². The summed E-state index contributed by atoms with van der Waals surface area (Å²) in [6.45, 7) is -1.81. The van der Waals surface area contributed by atoms with E-state index in [9.17, 15) is 22.8 Å². The molecule has 1 rings (SSSR count). The topological polar surface area (TPSA) is 78.4 Å². The SMILES string of the molecule is O=C(CNCC(F)(F)F)Nc1cc(Br)cc(C(=O)O)c1. The van der Waals surface area contributed by atoms with Crippen LogP contribution in [0.15, 0.2) is 22.7 Å². The fourth-order valence-electron chi connectivity index (χ4n) is 1.31. The lowest BCUT2D eigenvalue weighted by Gasteiger charge is -2.09. The fourth-order valence-corrected chi connectivity index (χ4v) is 1.80. The van der Waals surface area contributed by atoms with Crippen molar-refractivity contribution < 1.29 is 27.9 Å². The smallest absolute Gasteiger partial charge is 0.401 e. The van der Waals surface area contributed by atoms with Gasteiger partial charge in [-0.2, -0.15) is 13.2 Å². The fraction of sp³-hybridized carbons (Fsp3) is 0.273. The molecule has 0 aromatic heterocycles. The number of alkyl halides is 3. The summed E-state index contributed by atoms with van der Waals surface area (Å²) in [6, 6.07) is 3.97. The molecule has 1 aromatic rings. The van der Waals surface area contributed by atoms with E-state index >= 15 is 0 Å². The van der Waals surface area contributed by atoms with Crippen LogP contribution in [-0.4, -0.2) is 36.2 Å². The van der Waals surface area contributed by atoms with Crippen LogP contribution < -0.4 is 10.6 Å². The van der Waals surface area contributed by atoms with Gasteiger partial charge in [-0.15, -0.1) is 0 Å². The molecule has 0 aliphatic carbocycles. The first-order valence-electron chi connectivity index (χ1n) is 5.28. The van der Waals surface area contributed by atoms with Crippen molar-refractivity contribution in [2.24, 2.45) is 0 Å². The number of halogens is 4. The molecule has 1 aromatic carbocycles. The maximum absolute atomic E-state index is 11.9. The number of nitrogens with one attached hydrogen (secondary N) is 2. The van der Waals surface area contributed by atoms with Crippen molar-refractivity contribution in [1.29, 1.82) is 0 Å². The number of rotatable bonds is 5. The van der Waals surface area contributed by atoms with Crippen molar-refractivity contribution in [3.05, 3.63) is 28.2 Å². The van der Waals surface area contributed by atoms with E-state index < -0.39 is 31.1 Å².